The van der Waals surface area contributed by atoms with Gasteiger partial charge in [-0.2, -0.15) is 4.99 Å². The van der Waals surface area contributed by atoms with Crippen LogP contribution in [0.3, 0.4) is 0 Å². The molecule has 1 N–H and O–H groups in total. The summed E-state index contributed by atoms with van der Waals surface area (Å²) in [6.45, 7) is 0. The molecule has 4 aromatic rings. The summed E-state index contributed by atoms with van der Waals surface area (Å²) in [5.74, 6) is -0.494. The Hall–Kier alpha value is -4.97. The molecule has 0 saturated heterocycles. The Morgan fingerprint density at radius 1 is 1.00 bits per heavy atom. The molecule has 41 heavy (non-hydrogen) atoms. The number of nitrogens with zero attached hydrogens (tertiary/aromatic N) is 3. The number of hydrogen-bond donors (Lipinski definition) is 1. The minimum Gasteiger partial charge on any atom is -0.427 e. The molecule has 4 rings (SSSR count). The second-order valence-corrected chi connectivity index (χ2v) is 10.4. The van der Waals surface area contributed by atoms with Crippen molar-refractivity contribution < 1.29 is 42.2 Å². The molecule has 0 amide bonds. The summed E-state index contributed by atoms with van der Waals surface area (Å²) >= 11 is 4.54. The van der Waals surface area contributed by atoms with Gasteiger partial charge in [0.1, 0.15) is 16.4 Å². The van der Waals surface area contributed by atoms with Crippen LogP contribution < -0.4 is 14.4 Å². The van der Waals surface area contributed by atoms with Gasteiger partial charge in [-0.15, -0.1) is 0 Å². The van der Waals surface area contributed by atoms with E-state index in [1.807, 2.05) is 0 Å². The molecule has 0 saturated carbocycles. The lowest BCUT2D eigenvalue weighted by atomic mass is 10.2. The topological polar surface area (TPSA) is 149 Å². The van der Waals surface area contributed by atoms with Crippen LogP contribution in [0.5, 0.6) is 11.5 Å². The van der Waals surface area contributed by atoms with Crippen molar-refractivity contribution in [3.8, 4) is 11.5 Å². The maximum absolute atomic E-state index is 12.9. The van der Waals surface area contributed by atoms with Gasteiger partial charge in [0.25, 0.3) is 15.5 Å². The molecule has 0 aliphatic rings. The van der Waals surface area contributed by atoms with E-state index in [4.69, 9.17) is 9.47 Å². The molecule has 0 unspecified atom stereocenters. The first-order valence-corrected chi connectivity index (χ1v) is 13.9. The molecule has 1 heterocycles. The third kappa shape index (κ3) is 7.79. The highest BCUT2D eigenvalue weighted by molar-refractivity contribution is 7.91. The van der Waals surface area contributed by atoms with Gasteiger partial charge in [0.15, 0.2) is 5.16 Å². The molecule has 0 radical (unpaired) electrons. The Bertz CT molecular complexity index is 1710. The summed E-state index contributed by atoms with van der Waals surface area (Å²) in [6, 6.07) is 20.4. The van der Waals surface area contributed by atoms with E-state index in [0.717, 1.165) is 0 Å². The van der Waals surface area contributed by atoms with Crippen molar-refractivity contribution in [2.45, 2.75) is 29.2 Å². The van der Waals surface area contributed by atoms with Crippen molar-refractivity contribution in [1.29, 1.82) is 0 Å². The molecule has 208 valence electrons. The van der Waals surface area contributed by atoms with Gasteiger partial charge in [0.2, 0.25) is 0 Å². The number of benzene rings is 3. The van der Waals surface area contributed by atoms with Gasteiger partial charge in [-0.3, -0.25) is 4.79 Å². The summed E-state index contributed by atoms with van der Waals surface area (Å²) in [4.78, 5) is 28.3. The summed E-state index contributed by atoms with van der Waals surface area (Å²) in [7, 11) is -4.09. The molecule has 3 aromatic carbocycles. The molecular weight excluding hydrogens is 570 g/mol. The summed E-state index contributed by atoms with van der Waals surface area (Å²) < 4.78 is 40.9. The predicted molar refractivity (Wildman–Crippen MR) is 147 cm³/mol. The molecule has 11 nitrogen and oxygen atoms in total. The fourth-order valence-corrected chi connectivity index (χ4v) is 5.11. The highest BCUT2D eigenvalue weighted by Crippen LogP contribution is 2.22. The van der Waals surface area contributed by atoms with Crippen molar-refractivity contribution in [3.05, 3.63) is 96.2 Å². The van der Waals surface area contributed by atoms with Crippen LogP contribution in [0.1, 0.15) is 24.1 Å². The Balaban J connectivity index is 1.27. The Kier molecular flexibility index (Phi) is 9.48. The normalized spacial score (nSPS) is 11.1. The Morgan fingerprint density at radius 3 is 2.34 bits per heavy atom. The quantitative estimate of drug-likeness (QED) is 0.0666. The first-order chi connectivity index (χ1) is 19.8. The fraction of sp³-hybridized carbons (Fsp3) is 0.107. The maximum Gasteiger partial charge on any atom is 0.363 e. The minimum atomic E-state index is -4.09. The van der Waals surface area contributed by atoms with Crippen molar-refractivity contribution in [1.82, 2.24) is 5.16 Å². The van der Waals surface area contributed by atoms with E-state index in [1.54, 1.807) is 72.8 Å². The number of carbonyl (C=O) groups is 2. The van der Waals surface area contributed by atoms with Crippen LogP contribution >= 0.6 is 12.2 Å². The van der Waals surface area contributed by atoms with Crippen LogP contribution in [0.2, 0.25) is 0 Å². The number of aromatic nitrogens is 2. The van der Waals surface area contributed by atoms with E-state index in [1.165, 1.54) is 18.2 Å². The van der Waals surface area contributed by atoms with E-state index in [9.17, 15) is 23.2 Å². The van der Waals surface area contributed by atoms with Crippen LogP contribution in [-0.2, 0) is 25.8 Å². The molecule has 0 fully saturated rings. The fourth-order valence-electron chi connectivity index (χ4n) is 3.58. The van der Waals surface area contributed by atoms with Crippen molar-refractivity contribution in [3.63, 3.8) is 0 Å². The van der Waals surface area contributed by atoms with Crippen molar-refractivity contribution in [2.75, 3.05) is 0 Å². The lowest BCUT2D eigenvalue weighted by Crippen LogP contribution is -2.34. The first-order valence-electron chi connectivity index (χ1n) is 12.1. The maximum atomic E-state index is 12.9. The number of thiocarbonyl (C=S) groups is 1. The third-order valence-electron chi connectivity index (χ3n) is 5.51. The zero-order valence-electron chi connectivity index (χ0n) is 21.2. The van der Waals surface area contributed by atoms with Gasteiger partial charge in [-0.25, -0.2) is 13.2 Å². The Labute approximate surface area is 239 Å². The number of rotatable bonds is 11. The number of sulfone groups is 1. The zero-order chi connectivity index (χ0) is 29.2. The SMILES string of the molecule is O=C(/C=C/c1ccc(OC(=O)CCCc2no[n+](O)c2S(=O)(=O)c2ccccc2)cc1)Oc1ccc(N=C=S)cc1. The number of hydrogen-bond acceptors (Lipinski definition) is 11. The Morgan fingerprint density at radius 2 is 1.66 bits per heavy atom. The second kappa shape index (κ2) is 13.4. The van der Waals surface area contributed by atoms with Crippen LogP contribution in [0.25, 0.3) is 6.08 Å². The van der Waals surface area contributed by atoms with Gasteiger partial charge in [0, 0.05) is 18.9 Å². The molecule has 13 heteroatoms. The second-order valence-electron chi connectivity index (χ2n) is 8.36. The van der Waals surface area contributed by atoms with Crippen LogP contribution in [-0.4, -0.2) is 35.9 Å². The summed E-state index contributed by atoms with van der Waals surface area (Å²) in [5, 5.41) is 15.3. The van der Waals surface area contributed by atoms with Crippen LogP contribution in [0.15, 0.2) is 104 Å². The summed E-state index contributed by atoms with van der Waals surface area (Å²) in [6.07, 6.45) is 2.99. The van der Waals surface area contributed by atoms with E-state index >= 15 is 0 Å². The lowest BCUT2D eigenvalue weighted by molar-refractivity contribution is -1.06. The molecular formula is C28H22N3O8S2+. The number of isothiocyanates is 1. The van der Waals surface area contributed by atoms with Gasteiger partial charge in [-0.05, 0) is 83.4 Å². The highest BCUT2D eigenvalue weighted by Gasteiger charge is 2.37. The minimum absolute atomic E-state index is 0.0175. The number of aryl methyl sites for hydroxylation is 1. The molecule has 1 aromatic heterocycles. The largest absolute Gasteiger partial charge is 0.427 e. The molecule has 0 aliphatic heterocycles. The van der Waals surface area contributed by atoms with Gasteiger partial charge in [0.05, 0.1) is 15.7 Å². The van der Waals surface area contributed by atoms with Crippen molar-refractivity contribution >= 4 is 50.9 Å². The number of esters is 2. The number of carbonyl (C=O) groups excluding carboxylic acids is 2. The van der Waals surface area contributed by atoms with E-state index in [0.29, 0.717) is 17.0 Å². The van der Waals surface area contributed by atoms with Crippen LogP contribution in [0, 0.1) is 0 Å². The van der Waals surface area contributed by atoms with Crippen molar-refractivity contribution in [2.24, 2.45) is 4.99 Å². The van der Waals surface area contributed by atoms with Gasteiger partial charge in [-0.1, -0.05) is 30.3 Å². The first kappa shape index (κ1) is 29.0. The van der Waals surface area contributed by atoms with Gasteiger partial charge < -0.3 is 14.7 Å². The lowest BCUT2D eigenvalue weighted by Gasteiger charge is -2.04. The number of ether oxygens (including phenoxy) is 2. The molecule has 0 aliphatic carbocycles. The summed E-state index contributed by atoms with van der Waals surface area (Å²) in [5.41, 5.74) is 1.24. The average molecular weight is 593 g/mol. The van der Waals surface area contributed by atoms with E-state index < -0.39 is 26.8 Å². The number of aliphatic imine (C=N–C) groups is 1. The third-order valence-corrected chi connectivity index (χ3v) is 7.39. The molecule has 0 atom stereocenters. The standard InChI is InChI=1S/C28H22N3O8S2/c32-26(8-4-7-25-28(31(34)39-30-25)41(35,36)24-5-2-1-3-6-24)37-22-14-9-20(10-15-22)11-18-27(33)38-23-16-12-21(13-17-23)29-19-40/h1-3,5-6,9-18,34H,4,7-8H2/q+1/b18-11+. The van der Waals surface area contributed by atoms with Gasteiger partial charge >= 0.3 is 17.0 Å². The zero-order valence-corrected chi connectivity index (χ0v) is 22.9. The predicted octanol–water partition coefficient (Wildman–Crippen LogP) is 4.31. The van der Waals surface area contributed by atoms with E-state index in [-0.39, 0.29) is 40.5 Å². The average Bonchev–Trinajstić information content (AvgIpc) is 3.35. The molecule has 0 bridgehead atoms. The monoisotopic (exact) mass is 592 g/mol. The van der Waals surface area contributed by atoms with E-state index in [2.05, 4.69) is 32.2 Å². The molecule has 0 spiro atoms. The van der Waals surface area contributed by atoms with Crippen LogP contribution in [0.4, 0.5) is 5.69 Å². The smallest absolute Gasteiger partial charge is 0.363 e. The highest BCUT2D eigenvalue weighted by atomic mass is 32.2.